The van der Waals surface area contributed by atoms with Crippen molar-refractivity contribution in [2.45, 2.75) is 31.2 Å². The van der Waals surface area contributed by atoms with Gasteiger partial charge >= 0.3 is 0 Å². The summed E-state index contributed by atoms with van der Waals surface area (Å²) < 4.78 is 27.6. The van der Waals surface area contributed by atoms with Crippen LogP contribution >= 0.6 is 0 Å². The highest BCUT2D eigenvalue weighted by molar-refractivity contribution is 7.92. The standard InChI is InChI=1S/C26H25N3O5S/c1-18(30)20-8-14-24(15-9-20)35(33,34)28-22-10-6-21(7-11-22)26(32)27-17-19-4-12-23(13-5-19)29-16-2-3-25(29)31/h4-15,28H,2-3,16-17H2,1H3,(H,27,32). The monoisotopic (exact) mass is 491 g/mol. The van der Waals surface area contributed by atoms with E-state index in [4.69, 9.17) is 0 Å². The summed E-state index contributed by atoms with van der Waals surface area (Å²) in [4.78, 5) is 37.5. The number of ketones is 1. The highest BCUT2D eigenvalue weighted by Crippen LogP contribution is 2.22. The predicted molar refractivity (Wildman–Crippen MR) is 133 cm³/mol. The quantitative estimate of drug-likeness (QED) is 0.466. The van der Waals surface area contributed by atoms with Gasteiger partial charge in [0.15, 0.2) is 5.78 Å². The van der Waals surface area contributed by atoms with E-state index in [1.54, 1.807) is 4.90 Å². The minimum absolute atomic E-state index is 0.0319. The van der Waals surface area contributed by atoms with E-state index in [-0.39, 0.29) is 22.5 Å². The number of anilines is 2. The Bertz CT molecular complexity index is 1350. The van der Waals surface area contributed by atoms with E-state index in [0.717, 1.165) is 24.2 Å². The summed E-state index contributed by atoms with van der Waals surface area (Å²) >= 11 is 0. The first kappa shape index (κ1) is 24.2. The van der Waals surface area contributed by atoms with Crippen LogP contribution in [0.15, 0.2) is 77.7 Å². The van der Waals surface area contributed by atoms with Gasteiger partial charge in [0.25, 0.3) is 15.9 Å². The van der Waals surface area contributed by atoms with Crippen LogP contribution in [-0.2, 0) is 21.4 Å². The normalized spacial score (nSPS) is 13.5. The van der Waals surface area contributed by atoms with Crippen molar-refractivity contribution < 1.29 is 22.8 Å². The first-order valence-corrected chi connectivity index (χ1v) is 12.6. The van der Waals surface area contributed by atoms with E-state index >= 15 is 0 Å². The fourth-order valence-corrected chi connectivity index (χ4v) is 4.83. The zero-order chi connectivity index (χ0) is 25.0. The maximum atomic E-state index is 12.6. The van der Waals surface area contributed by atoms with Crippen molar-refractivity contribution in [3.8, 4) is 0 Å². The zero-order valence-corrected chi connectivity index (χ0v) is 20.0. The first-order valence-electron chi connectivity index (χ1n) is 11.1. The summed E-state index contributed by atoms with van der Waals surface area (Å²) in [6.45, 7) is 2.46. The van der Waals surface area contributed by atoms with Gasteiger partial charge in [0.1, 0.15) is 0 Å². The Hall–Kier alpha value is -3.98. The van der Waals surface area contributed by atoms with Gasteiger partial charge in [-0.3, -0.25) is 19.1 Å². The smallest absolute Gasteiger partial charge is 0.261 e. The van der Waals surface area contributed by atoms with E-state index in [2.05, 4.69) is 10.0 Å². The van der Waals surface area contributed by atoms with Crippen molar-refractivity contribution in [1.29, 1.82) is 0 Å². The highest BCUT2D eigenvalue weighted by atomic mass is 32.2. The summed E-state index contributed by atoms with van der Waals surface area (Å²) in [6, 6.07) is 19.3. The van der Waals surface area contributed by atoms with Crippen LogP contribution in [0.4, 0.5) is 11.4 Å². The Morgan fingerprint density at radius 3 is 2.09 bits per heavy atom. The Balaban J connectivity index is 1.33. The number of hydrogen-bond donors (Lipinski definition) is 2. The average Bonchev–Trinajstić information content (AvgIpc) is 3.29. The molecule has 0 unspecified atom stereocenters. The molecule has 2 amide bonds. The molecule has 180 valence electrons. The van der Waals surface area contributed by atoms with Gasteiger partial charge in [-0.25, -0.2) is 8.42 Å². The lowest BCUT2D eigenvalue weighted by molar-refractivity contribution is -0.117. The lowest BCUT2D eigenvalue weighted by atomic mass is 10.1. The lowest BCUT2D eigenvalue weighted by Gasteiger charge is -2.16. The molecular formula is C26H25N3O5S. The second kappa shape index (κ2) is 10.1. The van der Waals surface area contributed by atoms with Gasteiger partial charge in [-0.1, -0.05) is 24.3 Å². The number of nitrogens with zero attached hydrogens (tertiary/aromatic N) is 1. The molecule has 1 aliphatic rings. The number of carbonyl (C=O) groups is 3. The number of Topliss-reactive ketones (excluding diaryl/α,β-unsaturated/α-hetero) is 1. The van der Waals surface area contributed by atoms with E-state index in [9.17, 15) is 22.8 Å². The second-order valence-electron chi connectivity index (χ2n) is 8.26. The topological polar surface area (TPSA) is 113 Å². The Morgan fingerprint density at radius 2 is 1.51 bits per heavy atom. The molecule has 0 bridgehead atoms. The molecule has 1 fully saturated rings. The fourth-order valence-electron chi connectivity index (χ4n) is 3.77. The lowest BCUT2D eigenvalue weighted by Crippen LogP contribution is -2.24. The van der Waals surface area contributed by atoms with Crippen molar-refractivity contribution in [3.63, 3.8) is 0 Å². The van der Waals surface area contributed by atoms with Crippen LogP contribution in [0, 0.1) is 0 Å². The molecule has 0 radical (unpaired) electrons. The van der Waals surface area contributed by atoms with Gasteiger partial charge in [-0.2, -0.15) is 0 Å². The molecule has 1 saturated heterocycles. The first-order chi connectivity index (χ1) is 16.7. The minimum atomic E-state index is -3.83. The van der Waals surface area contributed by atoms with Gasteiger partial charge in [-0.15, -0.1) is 0 Å². The molecule has 35 heavy (non-hydrogen) atoms. The van der Waals surface area contributed by atoms with Gasteiger partial charge in [0.05, 0.1) is 4.90 Å². The van der Waals surface area contributed by atoms with Crippen LogP contribution in [0.2, 0.25) is 0 Å². The van der Waals surface area contributed by atoms with Crippen LogP contribution in [0.5, 0.6) is 0 Å². The van der Waals surface area contributed by atoms with E-state index in [1.165, 1.54) is 55.5 Å². The second-order valence-corrected chi connectivity index (χ2v) is 9.94. The molecule has 0 aliphatic carbocycles. The number of rotatable bonds is 8. The van der Waals surface area contributed by atoms with Crippen molar-refractivity contribution in [3.05, 3.63) is 89.5 Å². The van der Waals surface area contributed by atoms with E-state index in [0.29, 0.717) is 29.8 Å². The zero-order valence-electron chi connectivity index (χ0n) is 19.2. The number of nitrogens with one attached hydrogen (secondary N) is 2. The van der Waals surface area contributed by atoms with Gasteiger partial charge in [0, 0.05) is 42.0 Å². The Morgan fingerprint density at radius 1 is 0.886 bits per heavy atom. The summed E-state index contributed by atoms with van der Waals surface area (Å²) in [6.07, 6.45) is 1.44. The third-order valence-corrected chi connectivity index (χ3v) is 7.14. The molecule has 0 aromatic heterocycles. The largest absolute Gasteiger partial charge is 0.348 e. The number of carbonyl (C=O) groups excluding carboxylic acids is 3. The van der Waals surface area contributed by atoms with Crippen molar-refractivity contribution in [2.24, 2.45) is 0 Å². The summed E-state index contributed by atoms with van der Waals surface area (Å²) in [5, 5.41) is 2.84. The summed E-state index contributed by atoms with van der Waals surface area (Å²) in [5.41, 5.74) is 2.88. The maximum absolute atomic E-state index is 12.6. The SMILES string of the molecule is CC(=O)c1ccc(S(=O)(=O)Nc2ccc(C(=O)NCc3ccc(N4CCCC4=O)cc3)cc2)cc1. The molecule has 8 nitrogen and oxygen atoms in total. The van der Waals surface area contributed by atoms with Gasteiger partial charge in [-0.05, 0) is 67.4 Å². The van der Waals surface area contributed by atoms with Crippen LogP contribution in [0.25, 0.3) is 0 Å². The minimum Gasteiger partial charge on any atom is -0.348 e. The van der Waals surface area contributed by atoms with E-state index in [1.807, 2.05) is 24.3 Å². The number of amides is 2. The van der Waals surface area contributed by atoms with Crippen LogP contribution < -0.4 is 14.9 Å². The number of hydrogen-bond acceptors (Lipinski definition) is 5. The molecule has 0 spiro atoms. The van der Waals surface area contributed by atoms with Gasteiger partial charge in [0.2, 0.25) is 5.91 Å². The van der Waals surface area contributed by atoms with Crippen LogP contribution in [0.3, 0.4) is 0 Å². The molecule has 1 heterocycles. The Labute approximate surface area is 204 Å². The molecular weight excluding hydrogens is 466 g/mol. The molecule has 3 aromatic carbocycles. The predicted octanol–water partition coefficient (Wildman–Crippen LogP) is 3.75. The summed E-state index contributed by atoms with van der Waals surface area (Å²) in [5.74, 6) is -0.313. The van der Waals surface area contributed by atoms with Crippen LogP contribution in [0.1, 0.15) is 46.0 Å². The summed E-state index contributed by atoms with van der Waals surface area (Å²) in [7, 11) is -3.83. The maximum Gasteiger partial charge on any atom is 0.261 e. The third kappa shape index (κ3) is 5.75. The van der Waals surface area contributed by atoms with Crippen molar-refractivity contribution in [2.75, 3.05) is 16.2 Å². The van der Waals surface area contributed by atoms with Crippen LogP contribution in [-0.4, -0.2) is 32.6 Å². The number of benzene rings is 3. The highest BCUT2D eigenvalue weighted by Gasteiger charge is 2.21. The molecule has 1 aliphatic heterocycles. The molecule has 3 aromatic rings. The van der Waals surface area contributed by atoms with Crippen molar-refractivity contribution in [1.82, 2.24) is 5.32 Å². The molecule has 0 atom stereocenters. The average molecular weight is 492 g/mol. The molecule has 9 heteroatoms. The van der Waals surface area contributed by atoms with Crippen molar-refractivity contribution >= 4 is 39.0 Å². The molecule has 0 saturated carbocycles. The number of sulfonamides is 1. The fraction of sp³-hybridized carbons (Fsp3) is 0.192. The van der Waals surface area contributed by atoms with Gasteiger partial charge < -0.3 is 10.2 Å². The Kier molecular flexibility index (Phi) is 6.97. The third-order valence-electron chi connectivity index (χ3n) is 5.74. The molecule has 4 rings (SSSR count). The molecule has 2 N–H and O–H groups in total. The van der Waals surface area contributed by atoms with E-state index < -0.39 is 10.0 Å².